The molecule has 34 heteroatoms. The highest BCUT2D eigenvalue weighted by Crippen LogP contribution is 2.75. The summed E-state index contributed by atoms with van der Waals surface area (Å²) >= 11 is 0. The molecule has 9 fully saturated rings. The summed E-state index contributed by atoms with van der Waals surface area (Å²) in [6, 6.07) is 0. The zero-order valence-corrected chi connectivity index (χ0v) is 57.6. The first-order valence-electron chi connectivity index (χ1n) is 35.1. The molecule has 34 nitrogen and oxygen atoms in total. The van der Waals surface area contributed by atoms with Crippen LogP contribution in [0, 0.1) is 45.3 Å². The van der Waals surface area contributed by atoms with Crippen molar-refractivity contribution < 1.29 is 169 Å². The SMILES string of the molecule is C[C@H](CC[C@@H](O[C@@H]1O[C@H](CO[C@@H]2O[C@H](CO[C@@H]3O[C@H](CO)[C@@H](O)[C@H](O)[C@H]3O)[C@@H](O)[C@H](O)[C@H]2O)[C@@H](O)[C@H](O)[C@H]1O[C@@H]1O[C@H](CO)[C@@H](O)[C@H](O)[C@H]1O)C(C)(C)O)[C@H]1CC[C@@]2(C)[C@@H]3CC=C4C(CC[C@H](O[C@@H]5O[C@H](CO[C@@H]6O[C@H](CO)[C@@H](O)[C@H](O)[C@H]6O)[C@@H](O)[C@H](O)[C@H]5O)C4(C)C)[C@]3(C)[C@H](O)C[C@]12C. The molecule has 10 aliphatic rings. The fourth-order valence-corrected chi connectivity index (χ4v) is 18.4. The summed E-state index contributed by atoms with van der Waals surface area (Å²) in [5.74, 6) is -0.169. The third kappa shape index (κ3) is 14.9. The van der Waals surface area contributed by atoms with Crippen molar-refractivity contribution in [3.05, 3.63) is 11.6 Å². The van der Waals surface area contributed by atoms with E-state index in [-0.39, 0.29) is 35.5 Å². The Kier molecular flexibility index (Phi) is 25.5. The monoisotopic (exact) mass is 1450 g/mol. The van der Waals surface area contributed by atoms with Crippen LogP contribution in [0.5, 0.6) is 0 Å². The lowest BCUT2D eigenvalue weighted by molar-refractivity contribution is -0.380. The predicted octanol–water partition coefficient (Wildman–Crippen LogP) is -7.58. The quantitative estimate of drug-likeness (QED) is 0.0423. The third-order valence-corrected chi connectivity index (χ3v) is 25.0. The Morgan fingerprint density at radius 2 is 0.850 bits per heavy atom. The highest BCUT2D eigenvalue weighted by molar-refractivity contribution is 5.32. The smallest absolute Gasteiger partial charge is 0.187 e. The van der Waals surface area contributed by atoms with E-state index in [1.165, 1.54) is 13.8 Å². The van der Waals surface area contributed by atoms with E-state index < -0.39 is 264 Å². The lowest BCUT2D eigenvalue weighted by Crippen LogP contribution is -2.65. The van der Waals surface area contributed by atoms with Gasteiger partial charge in [-0.05, 0) is 99.7 Å². The largest absolute Gasteiger partial charge is 0.394 e. The first kappa shape index (κ1) is 80.9. The second-order valence-electron chi connectivity index (χ2n) is 31.6. The summed E-state index contributed by atoms with van der Waals surface area (Å²) in [6.07, 6.45) is -47.9. The molecule has 580 valence electrons. The van der Waals surface area contributed by atoms with Crippen LogP contribution in [0.3, 0.4) is 0 Å². The molecule has 6 aliphatic heterocycles. The van der Waals surface area contributed by atoms with Gasteiger partial charge in [0.2, 0.25) is 0 Å². The van der Waals surface area contributed by atoms with Gasteiger partial charge in [0.1, 0.15) is 146 Å². The van der Waals surface area contributed by atoms with E-state index in [9.17, 15) is 112 Å². The van der Waals surface area contributed by atoms with Crippen molar-refractivity contribution in [3.63, 3.8) is 0 Å². The lowest BCUT2D eigenvalue weighted by atomic mass is 9.38. The molecule has 0 bridgehead atoms. The molecule has 3 saturated carbocycles. The Balaban J connectivity index is 0.815. The van der Waals surface area contributed by atoms with Gasteiger partial charge in [-0.25, -0.2) is 0 Å². The fourth-order valence-electron chi connectivity index (χ4n) is 18.4. The molecule has 0 amide bonds. The van der Waals surface area contributed by atoms with Crippen LogP contribution >= 0.6 is 0 Å². The van der Waals surface area contributed by atoms with Gasteiger partial charge in [0.05, 0.1) is 63.6 Å². The van der Waals surface area contributed by atoms with Crippen molar-refractivity contribution in [3.8, 4) is 0 Å². The topological polar surface area (TPSA) is 556 Å². The zero-order valence-electron chi connectivity index (χ0n) is 57.6. The molecular formula is C66H112O34. The van der Waals surface area contributed by atoms with E-state index in [0.717, 1.165) is 18.4 Å². The molecule has 40 atom stereocenters. The molecule has 6 heterocycles. The van der Waals surface area contributed by atoms with Gasteiger partial charge in [0.15, 0.2) is 37.7 Å². The van der Waals surface area contributed by atoms with Crippen molar-refractivity contribution in [1.82, 2.24) is 0 Å². The number of hydrogen-bond donors (Lipinski definition) is 22. The molecule has 0 aromatic carbocycles. The average Bonchev–Trinajstić information content (AvgIpc) is 1.32. The van der Waals surface area contributed by atoms with Crippen LogP contribution in [-0.2, 0) is 56.8 Å². The van der Waals surface area contributed by atoms with Gasteiger partial charge in [-0.15, -0.1) is 0 Å². The normalized spacial score (nSPS) is 52.1. The minimum Gasteiger partial charge on any atom is -0.394 e. The lowest BCUT2D eigenvalue weighted by Gasteiger charge is -2.67. The second kappa shape index (κ2) is 31.5. The van der Waals surface area contributed by atoms with Crippen molar-refractivity contribution in [2.24, 2.45) is 45.3 Å². The molecule has 100 heavy (non-hydrogen) atoms. The molecule has 10 rings (SSSR count). The number of fused-ring (bicyclic) bond motifs is 5. The highest BCUT2D eigenvalue weighted by Gasteiger charge is 2.71. The summed E-state index contributed by atoms with van der Waals surface area (Å²) < 4.78 is 70.9. The summed E-state index contributed by atoms with van der Waals surface area (Å²) in [5.41, 5.74) is -2.71. The van der Waals surface area contributed by atoms with E-state index in [2.05, 4.69) is 33.8 Å². The number of aliphatic hydroxyl groups is 22. The molecule has 6 saturated heterocycles. The first-order valence-corrected chi connectivity index (χ1v) is 35.1. The maximum absolute atomic E-state index is 12.9. The van der Waals surface area contributed by atoms with E-state index in [4.69, 9.17) is 56.8 Å². The molecule has 4 aliphatic carbocycles. The van der Waals surface area contributed by atoms with E-state index >= 15 is 0 Å². The number of allylic oxidation sites excluding steroid dienone is 1. The number of ether oxygens (including phenoxy) is 12. The van der Waals surface area contributed by atoms with Crippen LogP contribution in [0.4, 0.5) is 0 Å². The summed E-state index contributed by atoms with van der Waals surface area (Å²) in [6.45, 7) is 11.5. The van der Waals surface area contributed by atoms with Crippen LogP contribution in [0.1, 0.15) is 107 Å². The van der Waals surface area contributed by atoms with E-state index in [0.29, 0.717) is 32.1 Å². The number of rotatable bonds is 23. The maximum Gasteiger partial charge on any atom is 0.187 e. The molecule has 0 radical (unpaired) electrons. The summed E-state index contributed by atoms with van der Waals surface area (Å²) in [7, 11) is 0. The Morgan fingerprint density at radius 1 is 0.460 bits per heavy atom. The molecule has 1 unspecified atom stereocenters. The van der Waals surface area contributed by atoms with Gasteiger partial charge in [-0.2, -0.15) is 0 Å². The summed E-state index contributed by atoms with van der Waals surface area (Å²) in [4.78, 5) is 0. The third-order valence-electron chi connectivity index (χ3n) is 25.0. The predicted molar refractivity (Wildman–Crippen MR) is 333 cm³/mol. The second-order valence-corrected chi connectivity index (χ2v) is 31.6. The van der Waals surface area contributed by atoms with Crippen LogP contribution < -0.4 is 0 Å². The Bertz CT molecular complexity index is 2670. The molecule has 0 spiro atoms. The number of aliphatic hydroxyl groups excluding tert-OH is 21. The van der Waals surface area contributed by atoms with Crippen molar-refractivity contribution in [1.29, 1.82) is 0 Å². The van der Waals surface area contributed by atoms with Gasteiger partial charge in [0, 0.05) is 10.8 Å². The van der Waals surface area contributed by atoms with Gasteiger partial charge < -0.3 is 169 Å². The molecule has 0 aromatic rings. The van der Waals surface area contributed by atoms with Crippen molar-refractivity contribution >= 4 is 0 Å². The van der Waals surface area contributed by atoms with Gasteiger partial charge in [0.25, 0.3) is 0 Å². The summed E-state index contributed by atoms with van der Waals surface area (Å²) in [5, 5.41) is 239. The van der Waals surface area contributed by atoms with E-state index in [1.807, 2.05) is 13.8 Å². The van der Waals surface area contributed by atoms with Crippen LogP contribution in [-0.4, -0.2) is 360 Å². The van der Waals surface area contributed by atoms with Crippen LogP contribution in [0.25, 0.3) is 0 Å². The van der Waals surface area contributed by atoms with E-state index in [1.54, 1.807) is 0 Å². The van der Waals surface area contributed by atoms with Crippen LogP contribution in [0.15, 0.2) is 11.6 Å². The number of hydrogen-bond acceptors (Lipinski definition) is 34. The van der Waals surface area contributed by atoms with Crippen molar-refractivity contribution in [2.75, 3.05) is 39.6 Å². The first-order chi connectivity index (χ1) is 46.8. The van der Waals surface area contributed by atoms with Gasteiger partial charge >= 0.3 is 0 Å². The van der Waals surface area contributed by atoms with Gasteiger partial charge in [-0.3, -0.25) is 0 Å². The Morgan fingerprint density at radius 3 is 1.30 bits per heavy atom. The molecule has 0 aromatic heterocycles. The minimum absolute atomic E-state index is 0.00195. The average molecular weight is 1450 g/mol. The molecular weight excluding hydrogens is 1340 g/mol. The van der Waals surface area contributed by atoms with Crippen molar-refractivity contribution in [2.45, 2.75) is 315 Å². The maximum atomic E-state index is 12.9. The zero-order chi connectivity index (χ0) is 73.5. The Labute approximate surface area is 579 Å². The molecule has 22 N–H and O–H groups in total. The fraction of sp³-hybridized carbons (Fsp3) is 0.970. The standard InChI is InChI=1S/C66H112O34/c1-24(25-15-16-64(6)34-12-10-26-27(66(34,8)35(70)17-65(25,64)7)11-14-36(62(26,2)3)98-59-53(86)48(81)42(75)32(96-59)22-90-57-51(84)45(78)39(72)29(19-68)93-57)9-13-37(63(4,5)88)99-61-55(100-60-54(87)46(79)40(73)30(20-69)94-60)49(82)43(76)33(97-61)23-91-58-52(85)47(80)41(74)31(95-58)21-89-56-50(83)44(77)38(71)28(18-67)92-56/h10,24-25,27-61,67-88H,9,11-23H2,1-8H3/t24-,25-,27?,28-,29-,30-,31-,32-,33-,34+,35-,36+,37-,38-,39-,40-,41-,42-,43-,44+,45+,46+,47+,48+,49+,50-,51-,52-,53-,54-,55-,56-,57-,58-,59+,60+,61+,64+,65-,66+/m1/s1. The van der Waals surface area contributed by atoms with Crippen LogP contribution in [0.2, 0.25) is 0 Å². The van der Waals surface area contributed by atoms with Gasteiger partial charge in [-0.1, -0.05) is 53.2 Å². The highest BCUT2D eigenvalue weighted by atomic mass is 16.8. The Hall–Kier alpha value is -1.62. The minimum atomic E-state index is -2.04.